The molecule has 1 aliphatic heterocycles. The number of anilines is 1. The number of carbonyl (C=O) groups is 1. The molecule has 1 fully saturated rings. The molecule has 1 saturated heterocycles. The van der Waals surface area contributed by atoms with Gasteiger partial charge < -0.3 is 10.6 Å². The lowest BCUT2D eigenvalue weighted by Crippen LogP contribution is -2.37. The Morgan fingerprint density at radius 3 is 2.57 bits per heavy atom. The lowest BCUT2D eigenvalue weighted by molar-refractivity contribution is 0.0979. The van der Waals surface area contributed by atoms with E-state index in [1.165, 1.54) is 13.8 Å². The van der Waals surface area contributed by atoms with Crippen molar-refractivity contribution in [3.63, 3.8) is 0 Å². The van der Waals surface area contributed by atoms with Gasteiger partial charge in [-0.2, -0.15) is 5.10 Å². The zero-order valence-corrected chi connectivity index (χ0v) is 21.7. The quantitative estimate of drug-likeness (QED) is 0.434. The fourth-order valence-electron chi connectivity index (χ4n) is 4.09. The number of carbonyl (C=O) groups excluding carboxylic acids is 1. The van der Waals surface area contributed by atoms with Crippen LogP contribution in [0.4, 0.5) is 5.69 Å². The van der Waals surface area contributed by atoms with Gasteiger partial charge in [-0.05, 0) is 59.7 Å². The van der Waals surface area contributed by atoms with Crippen molar-refractivity contribution in [2.45, 2.75) is 57.7 Å². The maximum atomic E-state index is 13.4. The Morgan fingerprint density at radius 2 is 1.91 bits per heavy atom. The molecule has 3 N–H and O–H groups in total. The maximum Gasteiger partial charge on any atom is 0.268 e. The summed E-state index contributed by atoms with van der Waals surface area (Å²) in [5.41, 5.74) is 3.19. The fourth-order valence-corrected chi connectivity index (χ4v) is 4.83. The second-order valence-electron chi connectivity index (χ2n) is 9.26. The average molecular weight is 520 g/mol. The summed E-state index contributed by atoms with van der Waals surface area (Å²) in [6, 6.07) is 1.75. The molecule has 12 heteroatoms. The van der Waals surface area contributed by atoms with E-state index in [1.807, 2.05) is 13.8 Å². The van der Waals surface area contributed by atoms with Crippen LogP contribution in [0, 0.1) is 0 Å². The van der Waals surface area contributed by atoms with Gasteiger partial charge in [0, 0.05) is 18.2 Å². The van der Waals surface area contributed by atoms with Gasteiger partial charge in [0.05, 0.1) is 50.9 Å². The summed E-state index contributed by atoms with van der Waals surface area (Å²) in [7, 11) is -3.83. The minimum Gasteiger partial charge on any atom is -0.382 e. The molecule has 188 valence electrons. The molecule has 0 bridgehead atoms. The number of aromatic nitrogens is 4. The molecule has 4 rings (SSSR count). The predicted molar refractivity (Wildman–Crippen MR) is 136 cm³/mol. The average Bonchev–Trinajstić information content (AvgIpc) is 3.21. The summed E-state index contributed by atoms with van der Waals surface area (Å²) < 4.78 is 28.9. The molecule has 10 nitrogen and oxygen atoms in total. The van der Waals surface area contributed by atoms with Crippen LogP contribution in [-0.2, 0) is 10.0 Å². The monoisotopic (exact) mass is 519 g/mol. The van der Waals surface area contributed by atoms with E-state index in [0.29, 0.717) is 33.3 Å². The summed E-state index contributed by atoms with van der Waals surface area (Å²) in [5, 5.41) is 10.7. The first-order valence-corrected chi connectivity index (χ1v) is 13.6. The van der Waals surface area contributed by atoms with Crippen molar-refractivity contribution in [3.05, 3.63) is 40.9 Å². The third-order valence-corrected chi connectivity index (χ3v) is 7.81. The van der Waals surface area contributed by atoms with E-state index in [2.05, 4.69) is 25.4 Å². The molecule has 35 heavy (non-hydrogen) atoms. The number of piperidine rings is 1. The Labute approximate surface area is 209 Å². The van der Waals surface area contributed by atoms with Crippen molar-refractivity contribution in [2.24, 2.45) is 0 Å². The topological polar surface area (TPSA) is 130 Å². The van der Waals surface area contributed by atoms with Gasteiger partial charge in [0.2, 0.25) is 10.0 Å². The number of rotatable bonds is 7. The van der Waals surface area contributed by atoms with Gasteiger partial charge in [-0.25, -0.2) is 22.6 Å². The number of sulfonamides is 1. The van der Waals surface area contributed by atoms with Crippen LogP contribution in [0.3, 0.4) is 0 Å². The largest absolute Gasteiger partial charge is 0.382 e. The summed E-state index contributed by atoms with van der Waals surface area (Å²) in [6.07, 6.45) is 6.42. The smallest absolute Gasteiger partial charge is 0.268 e. The van der Waals surface area contributed by atoms with E-state index in [1.54, 1.807) is 29.2 Å². The summed E-state index contributed by atoms with van der Waals surface area (Å²) in [6.45, 7) is 8.54. The van der Waals surface area contributed by atoms with Crippen LogP contribution in [0.5, 0.6) is 0 Å². The third-order valence-electron chi connectivity index (χ3n) is 5.90. The Balaban J connectivity index is 1.92. The van der Waals surface area contributed by atoms with Gasteiger partial charge in [-0.15, -0.1) is 0 Å². The first kappa shape index (κ1) is 25.3. The lowest BCUT2D eigenvalue weighted by Gasteiger charge is -2.26. The van der Waals surface area contributed by atoms with E-state index in [-0.39, 0.29) is 17.5 Å². The Kier molecular flexibility index (Phi) is 7.30. The molecule has 0 saturated carbocycles. The number of halogens is 1. The minimum atomic E-state index is -3.83. The zero-order chi connectivity index (χ0) is 25.3. The Bertz CT molecular complexity index is 1350. The van der Waals surface area contributed by atoms with Crippen molar-refractivity contribution < 1.29 is 13.2 Å². The number of pyridine rings is 1. The molecule has 0 aromatic carbocycles. The molecule has 3 aromatic heterocycles. The van der Waals surface area contributed by atoms with E-state index >= 15 is 0 Å². The van der Waals surface area contributed by atoms with Crippen molar-refractivity contribution in [3.8, 4) is 11.3 Å². The van der Waals surface area contributed by atoms with Gasteiger partial charge in [0.15, 0.2) is 5.65 Å². The number of nitrogens with zero attached hydrogens (tertiary/aromatic N) is 4. The van der Waals surface area contributed by atoms with Crippen molar-refractivity contribution in [1.82, 2.24) is 29.6 Å². The van der Waals surface area contributed by atoms with Gasteiger partial charge in [0.1, 0.15) is 0 Å². The second-order valence-corrected chi connectivity index (χ2v) is 11.9. The van der Waals surface area contributed by atoms with Gasteiger partial charge in [0.25, 0.3) is 5.91 Å². The molecule has 0 unspecified atom stereocenters. The highest BCUT2D eigenvalue weighted by molar-refractivity contribution is 7.90. The Morgan fingerprint density at radius 1 is 1.20 bits per heavy atom. The van der Waals surface area contributed by atoms with Gasteiger partial charge in [-0.3, -0.25) is 9.78 Å². The van der Waals surface area contributed by atoms with E-state index in [4.69, 9.17) is 16.6 Å². The molecule has 0 spiro atoms. The van der Waals surface area contributed by atoms with Crippen LogP contribution in [0.25, 0.3) is 16.9 Å². The standard InChI is InChI=1S/C23H30ClN7O3S/c1-13(2)28-19-9-18(17-11-27-31-12-16(24)10-26-22(17)31)29-21(15-5-7-25-8-6-15)20(19)23(32)30-35(33,34)14(3)4/h9-15,25H,5-8H2,1-4H3,(H,28,29)(H,30,32). The Hall–Kier alpha value is -2.76. The van der Waals surface area contributed by atoms with Crippen LogP contribution in [0.2, 0.25) is 5.02 Å². The minimum absolute atomic E-state index is 0.0137. The number of hydrogen-bond acceptors (Lipinski definition) is 8. The fraction of sp³-hybridized carbons (Fsp3) is 0.478. The molecule has 4 heterocycles. The number of amides is 1. The third kappa shape index (κ3) is 5.41. The summed E-state index contributed by atoms with van der Waals surface area (Å²) in [4.78, 5) is 22.8. The molecular weight excluding hydrogens is 490 g/mol. The second kappa shape index (κ2) is 10.1. The predicted octanol–water partition coefficient (Wildman–Crippen LogP) is 3.20. The number of hydrogen-bond donors (Lipinski definition) is 3. The van der Waals surface area contributed by atoms with Gasteiger partial charge >= 0.3 is 0 Å². The first-order valence-electron chi connectivity index (χ1n) is 11.6. The van der Waals surface area contributed by atoms with Crippen LogP contribution in [0.1, 0.15) is 62.5 Å². The van der Waals surface area contributed by atoms with Crippen molar-refractivity contribution in [1.29, 1.82) is 0 Å². The maximum absolute atomic E-state index is 13.4. The molecule has 1 aliphatic rings. The summed E-state index contributed by atoms with van der Waals surface area (Å²) in [5.74, 6) is -0.699. The molecule has 0 aliphatic carbocycles. The van der Waals surface area contributed by atoms with E-state index in [9.17, 15) is 13.2 Å². The number of nitrogens with one attached hydrogen (secondary N) is 3. The summed E-state index contributed by atoms with van der Waals surface area (Å²) >= 11 is 6.07. The van der Waals surface area contributed by atoms with E-state index in [0.717, 1.165) is 25.9 Å². The lowest BCUT2D eigenvalue weighted by atomic mass is 9.89. The van der Waals surface area contributed by atoms with E-state index < -0.39 is 21.2 Å². The van der Waals surface area contributed by atoms with Crippen LogP contribution < -0.4 is 15.4 Å². The number of fused-ring (bicyclic) bond motifs is 1. The van der Waals surface area contributed by atoms with Gasteiger partial charge in [-0.1, -0.05) is 11.6 Å². The molecule has 0 radical (unpaired) electrons. The SMILES string of the molecule is CC(C)Nc1cc(-c2cnn3cc(Cl)cnc23)nc(C2CCNCC2)c1C(=O)NS(=O)(=O)C(C)C. The van der Waals surface area contributed by atoms with Crippen molar-refractivity contribution in [2.75, 3.05) is 18.4 Å². The zero-order valence-electron chi connectivity index (χ0n) is 20.2. The van der Waals surface area contributed by atoms with Crippen LogP contribution in [-0.4, -0.2) is 58.3 Å². The van der Waals surface area contributed by atoms with Crippen molar-refractivity contribution >= 4 is 38.9 Å². The van der Waals surface area contributed by atoms with Crippen LogP contribution >= 0.6 is 11.6 Å². The molecule has 1 amide bonds. The molecule has 0 atom stereocenters. The highest BCUT2D eigenvalue weighted by atomic mass is 35.5. The molecule has 3 aromatic rings. The highest BCUT2D eigenvalue weighted by Gasteiger charge is 2.30. The molecular formula is C23H30ClN7O3S. The highest BCUT2D eigenvalue weighted by Crippen LogP contribution is 2.35. The first-order chi connectivity index (χ1) is 16.6. The normalized spacial score (nSPS) is 15.2. The van der Waals surface area contributed by atoms with Crippen LogP contribution in [0.15, 0.2) is 24.7 Å².